The number of halogens is 2. The van der Waals surface area contributed by atoms with Gasteiger partial charge in [-0.1, -0.05) is 37.9 Å². The van der Waals surface area contributed by atoms with Crippen LogP contribution in [0.3, 0.4) is 0 Å². The largest absolute Gasteiger partial charge is 0.492 e. The Hall–Kier alpha value is -0.910. The van der Waals surface area contributed by atoms with Gasteiger partial charge in [0.1, 0.15) is 11.9 Å². The van der Waals surface area contributed by atoms with Crippen molar-refractivity contribution in [2.24, 2.45) is 0 Å². The van der Waals surface area contributed by atoms with E-state index in [2.05, 4.69) is 36.8 Å². The number of hydrogen-bond acceptors (Lipinski definition) is 3. The minimum Gasteiger partial charge on any atom is -0.492 e. The summed E-state index contributed by atoms with van der Waals surface area (Å²) in [7, 11) is 0. The molecule has 0 aliphatic heterocycles. The van der Waals surface area contributed by atoms with Gasteiger partial charge in [0.15, 0.2) is 0 Å². The normalized spacial score (nSPS) is 12.2. The fraction of sp³-hybridized carbons (Fsp3) is 0.214. The summed E-state index contributed by atoms with van der Waals surface area (Å²) >= 11 is 6.84. The zero-order valence-corrected chi connectivity index (χ0v) is 13.5. The van der Waals surface area contributed by atoms with Crippen molar-refractivity contribution >= 4 is 31.9 Å². The molecule has 1 atom stereocenters. The van der Waals surface area contributed by atoms with Gasteiger partial charge in [0, 0.05) is 20.7 Å². The summed E-state index contributed by atoms with van der Waals surface area (Å²) < 4.78 is 7.19. The quantitative estimate of drug-likeness (QED) is 0.860. The Kier molecular flexibility index (Phi) is 4.96. The molecule has 2 aromatic rings. The lowest BCUT2D eigenvalue weighted by atomic mass is 10.0. The van der Waals surface area contributed by atoms with E-state index in [0.29, 0.717) is 17.9 Å². The Labute approximate surface area is 128 Å². The number of aliphatic hydroxyl groups excluding tert-OH is 1. The number of ether oxygens (including phenoxy) is 1. The maximum absolute atomic E-state index is 10.4. The van der Waals surface area contributed by atoms with Crippen molar-refractivity contribution in [3.05, 3.63) is 56.7 Å². The molecule has 1 aromatic carbocycles. The van der Waals surface area contributed by atoms with Gasteiger partial charge in [-0.2, -0.15) is 0 Å². The summed E-state index contributed by atoms with van der Waals surface area (Å²) in [5, 5.41) is 10.4. The highest BCUT2D eigenvalue weighted by molar-refractivity contribution is 9.11. The maximum atomic E-state index is 10.4. The first-order valence-corrected chi connectivity index (χ1v) is 7.41. The molecule has 0 saturated carbocycles. The number of nitrogens with zero attached hydrogens (tertiary/aromatic N) is 1. The van der Waals surface area contributed by atoms with Crippen LogP contribution in [0.15, 0.2) is 45.6 Å². The lowest BCUT2D eigenvalue weighted by molar-refractivity contribution is 0.218. The van der Waals surface area contributed by atoms with E-state index in [4.69, 9.17) is 4.74 Å². The van der Waals surface area contributed by atoms with Crippen LogP contribution in [0.25, 0.3) is 0 Å². The fourth-order valence-electron chi connectivity index (χ4n) is 1.73. The Balaban J connectivity index is 2.32. The van der Waals surface area contributed by atoms with Gasteiger partial charge in [-0.3, -0.25) is 4.98 Å². The highest BCUT2D eigenvalue weighted by atomic mass is 79.9. The molecular weight excluding hydrogens is 374 g/mol. The zero-order chi connectivity index (χ0) is 13.8. The molecule has 100 valence electrons. The van der Waals surface area contributed by atoms with Crippen LogP contribution >= 0.6 is 31.9 Å². The molecule has 0 aliphatic rings. The first-order chi connectivity index (χ1) is 9.11. The van der Waals surface area contributed by atoms with Crippen LogP contribution in [-0.4, -0.2) is 16.7 Å². The number of benzene rings is 1. The first kappa shape index (κ1) is 14.5. The third kappa shape index (κ3) is 3.55. The molecular formula is C14H13Br2NO2. The minimum absolute atomic E-state index is 0.573. The standard InChI is InChI=1S/C14H13Br2NO2/c1-2-19-11-5-9(7-17-8-11)14(18)12-4-3-10(15)6-13(12)16/h3-8,14,18H,2H2,1H3. The summed E-state index contributed by atoms with van der Waals surface area (Å²) in [6, 6.07) is 7.46. The molecule has 0 aliphatic carbocycles. The van der Waals surface area contributed by atoms with E-state index < -0.39 is 6.10 Å². The fourth-order valence-corrected chi connectivity index (χ4v) is 3.00. The van der Waals surface area contributed by atoms with E-state index >= 15 is 0 Å². The molecule has 0 bridgehead atoms. The Bertz CT molecular complexity index is 575. The molecule has 19 heavy (non-hydrogen) atoms. The number of aromatic nitrogens is 1. The van der Waals surface area contributed by atoms with Crippen molar-refractivity contribution in [3.63, 3.8) is 0 Å². The van der Waals surface area contributed by atoms with E-state index in [0.717, 1.165) is 14.5 Å². The van der Waals surface area contributed by atoms with Crippen LogP contribution in [0, 0.1) is 0 Å². The molecule has 0 fully saturated rings. The average Bonchev–Trinajstić information content (AvgIpc) is 2.39. The van der Waals surface area contributed by atoms with Crippen LogP contribution in [0.5, 0.6) is 5.75 Å². The summed E-state index contributed by atoms with van der Waals surface area (Å²) in [5.74, 6) is 0.660. The molecule has 0 radical (unpaired) electrons. The molecule has 0 spiro atoms. The molecule has 1 unspecified atom stereocenters. The Morgan fingerprint density at radius 2 is 2.05 bits per heavy atom. The zero-order valence-electron chi connectivity index (χ0n) is 10.3. The summed E-state index contributed by atoms with van der Waals surface area (Å²) in [5.41, 5.74) is 1.49. The molecule has 3 nitrogen and oxygen atoms in total. The molecule has 1 heterocycles. The lowest BCUT2D eigenvalue weighted by Crippen LogP contribution is -2.02. The van der Waals surface area contributed by atoms with Crippen molar-refractivity contribution in [1.82, 2.24) is 4.98 Å². The van der Waals surface area contributed by atoms with Gasteiger partial charge in [0.05, 0.1) is 12.8 Å². The second-order valence-corrected chi connectivity index (χ2v) is 5.73. The monoisotopic (exact) mass is 385 g/mol. The van der Waals surface area contributed by atoms with Crippen molar-refractivity contribution in [2.45, 2.75) is 13.0 Å². The number of rotatable bonds is 4. The summed E-state index contributed by atoms with van der Waals surface area (Å²) in [6.45, 7) is 2.48. The molecule has 5 heteroatoms. The third-order valence-corrected chi connectivity index (χ3v) is 3.80. The SMILES string of the molecule is CCOc1cncc(C(O)c2ccc(Br)cc2Br)c1. The molecule has 2 rings (SSSR count). The maximum Gasteiger partial charge on any atom is 0.137 e. The van der Waals surface area contributed by atoms with Crippen LogP contribution in [0.4, 0.5) is 0 Å². The van der Waals surface area contributed by atoms with Crippen molar-refractivity contribution in [1.29, 1.82) is 0 Å². The molecule has 1 N–H and O–H groups in total. The van der Waals surface area contributed by atoms with Gasteiger partial charge in [-0.15, -0.1) is 0 Å². The van der Waals surface area contributed by atoms with E-state index in [1.807, 2.05) is 25.1 Å². The Morgan fingerprint density at radius 3 is 2.74 bits per heavy atom. The van der Waals surface area contributed by atoms with Crippen molar-refractivity contribution in [2.75, 3.05) is 6.61 Å². The lowest BCUT2D eigenvalue weighted by Gasteiger charge is -2.14. The Morgan fingerprint density at radius 1 is 1.26 bits per heavy atom. The van der Waals surface area contributed by atoms with Crippen LogP contribution < -0.4 is 4.74 Å². The highest BCUT2D eigenvalue weighted by Crippen LogP contribution is 2.31. The number of pyridine rings is 1. The average molecular weight is 387 g/mol. The first-order valence-electron chi connectivity index (χ1n) is 5.82. The molecule has 1 aromatic heterocycles. The molecule has 0 amide bonds. The van der Waals surface area contributed by atoms with Crippen LogP contribution in [-0.2, 0) is 0 Å². The van der Waals surface area contributed by atoms with Crippen molar-refractivity contribution < 1.29 is 9.84 Å². The van der Waals surface area contributed by atoms with Gasteiger partial charge in [0.2, 0.25) is 0 Å². The second-order valence-electron chi connectivity index (χ2n) is 3.96. The van der Waals surface area contributed by atoms with Gasteiger partial charge in [-0.05, 0) is 30.7 Å². The highest BCUT2D eigenvalue weighted by Gasteiger charge is 2.15. The number of hydrogen-bond donors (Lipinski definition) is 1. The topological polar surface area (TPSA) is 42.4 Å². The predicted octanol–water partition coefficient (Wildman–Crippen LogP) is 4.09. The van der Waals surface area contributed by atoms with Gasteiger partial charge >= 0.3 is 0 Å². The van der Waals surface area contributed by atoms with Crippen molar-refractivity contribution in [3.8, 4) is 5.75 Å². The summed E-state index contributed by atoms with van der Waals surface area (Å²) in [6.07, 6.45) is 2.54. The van der Waals surface area contributed by atoms with Crippen LogP contribution in [0.1, 0.15) is 24.2 Å². The van der Waals surface area contributed by atoms with Gasteiger partial charge in [-0.25, -0.2) is 0 Å². The van der Waals surface area contributed by atoms with E-state index in [1.54, 1.807) is 18.5 Å². The number of aliphatic hydroxyl groups is 1. The second kappa shape index (κ2) is 6.50. The van der Waals surface area contributed by atoms with Gasteiger partial charge < -0.3 is 9.84 Å². The van der Waals surface area contributed by atoms with Gasteiger partial charge in [0.25, 0.3) is 0 Å². The molecule has 0 saturated heterocycles. The predicted molar refractivity (Wildman–Crippen MR) is 81.3 cm³/mol. The van der Waals surface area contributed by atoms with Crippen LogP contribution in [0.2, 0.25) is 0 Å². The summed E-state index contributed by atoms with van der Waals surface area (Å²) in [4.78, 5) is 4.09. The van der Waals surface area contributed by atoms with E-state index in [1.165, 1.54) is 0 Å². The van der Waals surface area contributed by atoms with E-state index in [-0.39, 0.29) is 0 Å². The smallest absolute Gasteiger partial charge is 0.137 e. The van der Waals surface area contributed by atoms with E-state index in [9.17, 15) is 5.11 Å². The minimum atomic E-state index is -0.740. The third-order valence-electron chi connectivity index (χ3n) is 2.62.